The van der Waals surface area contributed by atoms with Crippen LogP contribution in [0.15, 0.2) is 30.3 Å². The van der Waals surface area contributed by atoms with Crippen LogP contribution in [0.5, 0.6) is 0 Å². The summed E-state index contributed by atoms with van der Waals surface area (Å²) < 4.78 is 3.32. The van der Waals surface area contributed by atoms with Gasteiger partial charge in [0.05, 0.1) is 35.5 Å². The first kappa shape index (κ1) is 13.7. The van der Waals surface area contributed by atoms with E-state index in [0.717, 1.165) is 16.7 Å². The Balaban J connectivity index is 1.98. The van der Waals surface area contributed by atoms with Gasteiger partial charge in [-0.3, -0.25) is 0 Å². The summed E-state index contributed by atoms with van der Waals surface area (Å²) in [4.78, 5) is 10.4. The van der Waals surface area contributed by atoms with Gasteiger partial charge in [-0.05, 0) is 17.1 Å². The van der Waals surface area contributed by atoms with Crippen molar-refractivity contribution in [3.63, 3.8) is 0 Å². The molecule has 0 atom stereocenters. The summed E-state index contributed by atoms with van der Waals surface area (Å²) in [5.41, 5.74) is 2.39. The molecule has 3 aromatic rings. The lowest BCUT2D eigenvalue weighted by Crippen LogP contribution is -2.11. The molecular weight excluding hydrogens is 340 g/mol. The van der Waals surface area contributed by atoms with Crippen molar-refractivity contribution < 1.29 is 4.92 Å². The first-order valence-corrected chi connectivity index (χ1v) is 7.36. The number of halogens is 1. The Labute approximate surface area is 127 Å². The van der Waals surface area contributed by atoms with Gasteiger partial charge >= 0.3 is 5.82 Å². The SMILES string of the molecule is O=[N+]([O-])c1cc(Cn2nnc3ccccc32)n(CCBr)n1. The van der Waals surface area contributed by atoms with E-state index in [1.807, 2.05) is 24.3 Å². The van der Waals surface area contributed by atoms with Gasteiger partial charge in [-0.2, -0.15) is 4.68 Å². The van der Waals surface area contributed by atoms with E-state index in [1.54, 1.807) is 9.36 Å². The number of nitro groups is 1. The van der Waals surface area contributed by atoms with Crippen molar-refractivity contribution >= 4 is 32.8 Å². The average molecular weight is 351 g/mol. The third kappa shape index (κ3) is 2.64. The van der Waals surface area contributed by atoms with Crippen molar-refractivity contribution in [3.8, 4) is 0 Å². The maximum Gasteiger partial charge on any atom is 0.390 e. The van der Waals surface area contributed by atoms with Gasteiger partial charge in [-0.1, -0.05) is 33.3 Å². The Morgan fingerprint density at radius 2 is 2.10 bits per heavy atom. The number of hydrogen-bond donors (Lipinski definition) is 0. The molecule has 0 spiro atoms. The van der Waals surface area contributed by atoms with Crippen LogP contribution in [0.1, 0.15) is 5.69 Å². The maximum absolute atomic E-state index is 10.9. The second kappa shape index (κ2) is 5.60. The smallest absolute Gasteiger partial charge is 0.358 e. The predicted molar refractivity (Wildman–Crippen MR) is 79.3 cm³/mol. The molecule has 21 heavy (non-hydrogen) atoms. The summed E-state index contributed by atoms with van der Waals surface area (Å²) in [5.74, 6) is -0.157. The van der Waals surface area contributed by atoms with Crippen LogP contribution in [0.2, 0.25) is 0 Å². The van der Waals surface area contributed by atoms with Crippen molar-refractivity contribution in [1.82, 2.24) is 24.8 Å². The molecule has 108 valence electrons. The summed E-state index contributed by atoms with van der Waals surface area (Å²) in [7, 11) is 0. The Morgan fingerprint density at radius 3 is 2.86 bits per heavy atom. The lowest BCUT2D eigenvalue weighted by molar-refractivity contribution is -0.389. The topological polar surface area (TPSA) is 91.7 Å². The molecule has 0 aliphatic heterocycles. The molecule has 0 aliphatic rings. The predicted octanol–water partition coefficient (Wildman–Crippen LogP) is 1.98. The molecular formula is C12H11BrN6O2. The number of benzene rings is 1. The van der Waals surface area contributed by atoms with Gasteiger partial charge < -0.3 is 10.1 Å². The van der Waals surface area contributed by atoms with Gasteiger partial charge in [0.25, 0.3) is 0 Å². The summed E-state index contributed by atoms with van der Waals surface area (Å²) in [6.45, 7) is 0.935. The van der Waals surface area contributed by atoms with Gasteiger partial charge in [0, 0.05) is 5.33 Å². The second-order valence-corrected chi connectivity index (χ2v) is 5.19. The highest BCUT2D eigenvalue weighted by Crippen LogP contribution is 2.16. The molecule has 0 saturated carbocycles. The number of rotatable bonds is 5. The number of alkyl halides is 1. The molecule has 3 rings (SSSR count). The average Bonchev–Trinajstić information content (AvgIpc) is 3.06. The van der Waals surface area contributed by atoms with E-state index in [9.17, 15) is 10.1 Å². The standard InChI is InChI=1S/C12H11BrN6O2/c13-5-6-17-9(7-12(15-17)19(20)21)8-18-11-4-2-1-3-10(11)14-16-18/h1-4,7H,5-6,8H2. The van der Waals surface area contributed by atoms with Crippen molar-refractivity contribution in [2.24, 2.45) is 0 Å². The zero-order valence-corrected chi connectivity index (χ0v) is 12.5. The quantitative estimate of drug-likeness (QED) is 0.398. The maximum atomic E-state index is 10.9. The largest absolute Gasteiger partial charge is 0.390 e. The zero-order chi connectivity index (χ0) is 14.8. The van der Waals surface area contributed by atoms with Crippen LogP contribution in [0, 0.1) is 10.1 Å². The summed E-state index contributed by atoms with van der Waals surface area (Å²) in [6.07, 6.45) is 0. The summed E-state index contributed by atoms with van der Waals surface area (Å²) >= 11 is 3.32. The second-order valence-electron chi connectivity index (χ2n) is 4.40. The minimum Gasteiger partial charge on any atom is -0.358 e. The van der Waals surface area contributed by atoms with Crippen molar-refractivity contribution in [2.45, 2.75) is 13.1 Å². The van der Waals surface area contributed by atoms with Gasteiger partial charge in [0.1, 0.15) is 5.52 Å². The highest BCUT2D eigenvalue weighted by Gasteiger charge is 2.18. The Hall–Kier alpha value is -2.29. The molecule has 1 aromatic carbocycles. The Kier molecular flexibility index (Phi) is 3.65. The fourth-order valence-corrected chi connectivity index (χ4v) is 2.45. The van der Waals surface area contributed by atoms with E-state index in [-0.39, 0.29) is 5.82 Å². The molecule has 0 saturated heterocycles. The van der Waals surface area contributed by atoms with Crippen LogP contribution >= 0.6 is 15.9 Å². The van der Waals surface area contributed by atoms with Gasteiger partial charge in [0.2, 0.25) is 0 Å². The van der Waals surface area contributed by atoms with E-state index < -0.39 is 4.92 Å². The Bertz CT molecular complexity index is 796. The van der Waals surface area contributed by atoms with Crippen LogP contribution < -0.4 is 0 Å². The highest BCUT2D eigenvalue weighted by atomic mass is 79.9. The molecule has 2 aromatic heterocycles. The molecule has 9 heteroatoms. The molecule has 0 bridgehead atoms. The lowest BCUT2D eigenvalue weighted by Gasteiger charge is -2.02. The summed E-state index contributed by atoms with van der Waals surface area (Å²) in [5, 5.41) is 23.7. The van der Waals surface area contributed by atoms with E-state index in [1.165, 1.54) is 6.07 Å². The summed E-state index contributed by atoms with van der Waals surface area (Å²) in [6, 6.07) is 9.05. The minimum atomic E-state index is -0.492. The van der Waals surface area contributed by atoms with E-state index in [4.69, 9.17) is 0 Å². The number of aromatic nitrogens is 5. The highest BCUT2D eigenvalue weighted by molar-refractivity contribution is 9.09. The molecule has 0 unspecified atom stereocenters. The van der Waals surface area contributed by atoms with Crippen molar-refractivity contribution in [2.75, 3.05) is 5.33 Å². The number of hydrogen-bond acceptors (Lipinski definition) is 5. The van der Waals surface area contributed by atoms with E-state index >= 15 is 0 Å². The number of aryl methyl sites for hydroxylation is 1. The lowest BCUT2D eigenvalue weighted by atomic mass is 10.3. The fraction of sp³-hybridized carbons (Fsp3) is 0.250. The number of nitrogens with zero attached hydrogens (tertiary/aromatic N) is 6. The van der Waals surface area contributed by atoms with Crippen LogP contribution in [-0.4, -0.2) is 35.0 Å². The molecule has 0 fully saturated rings. The van der Waals surface area contributed by atoms with Gasteiger partial charge in [-0.15, -0.1) is 5.10 Å². The molecule has 0 amide bonds. The Morgan fingerprint density at radius 1 is 1.29 bits per heavy atom. The number of para-hydroxylation sites is 1. The van der Waals surface area contributed by atoms with Crippen LogP contribution in [0.25, 0.3) is 11.0 Å². The van der Waals surface area contributed by atoms with Crippen LogP contribution in [-0.2, 0) is 13.1 Å². The van der Waals surface area contributed by atoms with Crippen molar-refractivity contribution in [1.29, 1.82) is 0 Å². The fourth-order valence-electron chi connectivity index (χ4n) is 2.12. The first-order chi connectivity index (χ1) is 10.2. The molecule has 0 radical (unpaired) electrons. The van der Waals surface area contributed by atoms with Gasteiger partial charge in [-0.25, -0.2) is 4.68 Å². The van der Waals surface area contributed by atoms with E-state index in [0.29, 0.717) is 18.4 Å². The third-order valence-corrected chi connectivity index (χ3v) is 3.42. The molecule has 2 heterocycles. The zero-order valence-electron chi connectivity index (χ0n) is 10.9. The minimum absolute atomic E-state index is 0.157. The molecule has 0 N–H and O–H groups in total. The van der Waals surface area contributed by atoms with Crippen molar-refractivity contribution in [3.05, 3.63) is 46.1 Å². The molecule has 0 aliphatic carbocycles. The van der Waals surface area contributed by atoms with E-state index in [2.05, 4.69) is 31.3 Å². The normalized spacial score (nSPS) is 11.1. The third-order valence-electron chi connectivity index (χ3n) is 3.07. The monoisotopic (exact) mass is 350 g/mol. The van der Waals surface area contributed by atoms with Crippen LogP contribution in [0.4, 0.5) is 5.82 Å². The first-order valence-electron chi connectivity index (χ1n) is 6.24. The number of fused-ring (bicyclic) bond motifs is 1. The van der Waals surface area contributed by atoms with Gasteiger partial charge in [0.15, 0.2) is 0 Å². The molecule has 8 nitrogen and oxygen atoms in total. The van der Waals surface area contributed by atoms with Crippen LogP contribution in [0.3, 0.4) is 0 Å².